The fourth-order valence-electron chi connectivity index (χ4n) is 1.24. The predicted octanol–water partition coefficient (Wildman–Crippen LogP) is 4.45. The van der Waals surface area contributed by atoms with E-state index >= 15 is 0 Å². The number of unbranched alkanes of at least 4 members (excludes halogenated alkanes) is 1. The summed E-state index contributed by atoms with van der Waals surface area (Å²) in [7, 11) is 0. The van der Waals surface area contributed by atoms with Crippen LogP contribution in [0.5, 0.6) is 5.75 Å². The third kappa shape index (κ3) is 5.78. The van der Waals surface area contributed by atoms with Crippen LogP contribution in [-0.2, 0) is 0 Å². The molecule has 19 heavy (non-hydrogen) atoms. The monoisotopic (exact) mass is 296 g/mol. The zero-order chi connectivity index (χ0) is 14.1. The molecule has 0 aromatic heterocycles. The summed E-state index contributed by atoms with van der Waals surface area (Å²) in [6.45, 7) is 2.83. The highest BCUT2D eigenvalue weighted by Gasteiger charge is 1.98. The minimum absolute atomic E-state index is 0.00777. The quantitative estimate of drug-likeness (QED) is 0.442. The molecule has 0 fully saturated rings. The zero-order valence-electron chi connectivity index (χ0n) is 10.6. The van der Waals surface area contributed by atoms with E-state index in [4.69, 9.17) is 33.2 Å². The Bertz CT molecular complexity index is 497. The van der Waals surface area contributed by atoms with Gasteiger partial charge in [0.2, 0.25) is 0 Å². The summed E-state index contributed by atoms with van der Waals surface area (Å²) in [5.74, 6) is 0.817. The molecule has 0 heterocycles. The van der Waals surface area contributed by atoms with Gasteiger partial charge in [0.15, 0.2) is 5.70 Å². The van der Waals surface area contributed by atoms with E-state index in [9.17, 15) is 0 Å². The first-order valence-electron chi connectivity index (χ1n) is 5.89. The summed E-state index contributed by atoms with van der Waals surface area (Å²) in [4.78, 5) is 3.91. The van der Waals surface area contributed by atoms with Gasteiger partial charge in [-0.1, -0.05) is 36.5 Å². The summed E-state index contributed by atoms with van der Waals surface area (Å²) in [5, 5.41) is 8.73. The Balaban J connectivity index is 2.65. The summed E-state index contributed by atoms with van der Waals surface area (Å²) in [6, 6.07) is 9.22. The summed E-state index contributed by atoms with van der Waals surface area (Å²) >= 11 is 11.0. The van der Waals surface area contributed by atoms with E-state index < -0.39 is 0 Å². The van der Waals surface area contributed by atoms with Crippen LogP contribution in [0.2, 0.25) is 0 Å². The Hall–Kier alpha value is -1.50. The number of hydrogen-bond donors (Lipinski definition) is 0. The zero-order valence-corrected chi connectivity index (χ0v) is 12.1. The van der Waals surface area contributed by atoms with Crippen molar-refractivity contribution in [2.45, 2.75) is 19.8 Å². The molecule has 0 unspecified atom stereocenters. The lowest BCUT2D eigenvalue weighted by atomic mass is 10.2. The van der Waals surface area contributed by atoms with Crippen molar-refractivity contribution in [3.8, 4) is 11.8 Å². The number of allylic oxidation sites excluding steroid dienone is 1. The van der Waals surface area contributed by atoms with Crippen molar-refractivity contribution >= 4 is 29.4 Å². The molecule has 0 N–H and O–H groups in total. The topological polar surface area (TPSA) is 45.4 Å². The predicted molar refractivity (Wildman–Crippen MR) is 78.8 cm³/mol. The van der Waals surface area contributed by atoms with Crippen LogP contribution < -0.4 is 4.74 Å². The number of aliphatic imine (C=N–C) groups is 1. The van der Waals surface area contributed by atoms with Gasteiger partial charge in [-0.25, -0.2) is 4.99 Å². The van der Waals surface area contributed by atoms with Gasteiger partial charge in [-0.3, -0.25) is 0 Å². The van der Waals surface area contributed by atoms with Crippen LogP contribution in [0.15, 0.2) is 39.4 Å². The van der Waals surface area contributed by atoms with Crippen molar-refractivity contribution in [3.63, 3.8) is 0 Å². The molecule has 0 saturated heterocycles. The highest BCUT2D eigenvalue weighted by molar-refractivity contribution is 6.56. The molecule has 1 aromatic carbocycles. The minimum atomic E-state index is -0.140. The van der Waals surface area contributed by atoms with Gasteiger partial charge < -0.3 is 4.74 Å². The van der Waals surface area contributed by atoms with Gasteiger partial charge in [0.05, 0.1) is 6.61 Å². The van der Waals surface area contributed by atoms with Gasteiger partial charge in [-0.2, -0.15) is 5.26 Å². The minimum Gasteiger partial charge on any atom is -0.494 e. The second kappa shape index (κ2) is 8.58. The van der Waals surface area contributed by atoms with Crippen molar-refractivity contribution in [2.75, 3.05) is 6.61 Å². The number of benzene rings is 1. The van der Waals surface area contributed by atoms with Crippen LogP contribution in [0.4, 0.5) is 0 Å². The Labute approximate surface area is 123 Å². The summed E-state index contributed by atoms with van der Waals surface area (Å²) in [6.07, 6.45) is 3.67. The fraction of sp³-hybridized carbons (Fsp3) is 0.286. The molecule has 0 spiro atoms. The largest absolute Gasteiger partial charge is 0.494 e. The molecule has 0 aliphatic carbocycles. The average molecular weight is 297 g/mol. The average Bonchev–Trinajstić information content (AvgIpc) is 2.41. The van der Waals surface area contributed by atoms with Gasteiger partial charge >= 0.3 is 0 Å². The van der Waals surface area contributed by atoms with E-state index in [1.165, 1.54) is 6.21 Å². The third-order valence-corrected chi connectivity index (χ3v) is 2.63. The molecule has 5 heteroatoms. The molecule has 1 aromatic rings. The maximum absolute atomic E-state index is 8.73. The number of rotatable bonds is 6. The van der Waals surface area contributed by atoms with E-state index in [0.29, 0.717) is 6.61 Å². The molecule has 0 bridgehead atoms. The molecule has 1 rings (SSSR count). The molecule has 0 saturated carbocycles. The first-order chi connectivity index (χ1) is 9.17. The molecule has 3 nitrogen and oxygen atoms in total. The number of hydrogen-bond acceptors (Lipinski definition) is 3. The Kier molecular flexibility index (Phi) is 7.02. The lowest BCUT2D eigenvalue weighted by Crippen LogP contribution is -1.96. The van der Waals surface area contributed by atoms with Crippen LogP contribution >= 0.6 is 23.2 Å². The van der Waals surface area contributed by atoms with Gasteiger partial charge in [-0.05, 0) is 36.2 Å². The number of ether oxygens (including phenoxy) is 1. The standard InChI is InChI=1S/C14H14Cl2N2O/c1-2-3-8-19-12-6-4-11(5-7-12)10-18-13(9-17)14(15)16/h4-7,10H,2-3,8H2,1H3. The number of halogens is 2. The maximum atomic E-state index is 8.73. The van der Waals surface area contributed by atoms with Crippen LogP contribution in [0.1, 0.15) is 25.3 Å². The molecular formula is C14H14Cl2N2O. The smallest absolute Gasteiger partial charge is 0.170 e. The van der Waals surface area contributed by atoms with E-state index in [0.717, 1.165) is 24.2 Å². The second-order valence-corrected chi connectivity index (χ2v) is 4.70. The molecule has 0 atom stereocenters. The van der Waals surface area contributed by atoms with E-state index in [-0.39, 0.29) is 10.2 Å². The van der Waals surface area contributed by atoms with E-state index in [1.807, 2.05) is 30.3 Å². The Morgan fingerprint density at radius 3 is 2.58 bits per heavy atom. The normalized spacial score (nSPS) is 10.2. The lowest BCUT2D eigenvalue weighted by molar-refractivity contribution is 0.309. The fourth-order valence-corrected chi connectivity index (χ4v) is 1.43. The maximum Gasteiger partial charge on any atom is 0.170 e. The third-order valence-electron chi connectivity index (χ3n) is 2.27. The molecule has 0 aliphatic heterocycles. The molecule has 0 amide bonds. The van der Waals surface area contributed by atoms with E-state index in [2.05, 4.69) is 11.9 Å². The number of nitriles is 1. The first kappa shape index (κ1) is 15.6. The lowest BCUT2D eigenvalue weighted by Gasteiger charge is -2.04. The molecule has 0 aliphatic rings. The van der Waals surface area contributed by atoms with Gasteiger partial charge in [0.1, 0.15) is 16.3 Å². The van der Waals surface area contributed by atoms with Gasteiger partial charge in [0, 0.05) is 6.21 Å². The van der Waals surface area contributed by atoms with Crippen molar-refractivity contribution < 1.29 is 4.74 Å². The van der Waals surface area contributed by atoms with Crippen LogP contribution in [0, 0.1) is 11.3 Å². The SMILES string of the molecule is CCCCOc1ccc(C=NC(C#N)=C(Cl)Cl)cc1. The second-order valence-electron chi connectivity index (χ2n) is 3.75. The Morgan fingerprint density at radius 1 is 1.37 bits per heavy atom. The molecular weight excluding hydrogens is 283 g/mol. The van der Waals surface area contributed by atoms with E-state index in [1.54, 1.807) is 0 Å². The van der Waals surface area contributed by atoms with Gasteiger partial charge in [0.25, 0.3) is 0 Å². The summed E-state index contributed by atoms with van der Waals surface area (Å²) in [5.41, 5.74) is 0.830. The van der Waals surface area contributed by atoms with Crippen molar-refractivity contribution in [2.24, 2.45) is 4.99 Å². The number of nitrogens with zero attached hydrogens (tertiary/aromatic N) is 2. The van der Waals surface area contributed by atoms with Crippen molar-refractivity contribution in [1.29, 1.82) is 5.26 Å². The Morgan fingerprint density at radius 2 is 2.05 bits per heavy atom. The van der Waals surface area contributed by atoms with Crippen molar-refractivity contribution in [3.05, 3.63) is 40.0 Å². The van der Waals surface area contributed by atoms with Crippen LogP contribution in [0.3, 0.4) is 0 Å². The molecule has 100 valence electrons. The van der Waals surface area contributed by atoms with Crippen molar-refractivity contribution in [1.82, 2.24) is 0 Å². The summed E-state index contributed by atoms with van der Waals surface area (Å²) < 4.78 is 5.40. The molecule has 0 radical (unpaired) electrons. The highest BCUT2D eigenvalue weighted by atomic mass is 35.5. The highest BCUT2D eigenvalue weighted by Crippen LogP contribution is 2.15. The van der Waals surface area contributed by atoms with Crippen LogP contribution in [-0.4, -0.2) is 12.8 Å². The van der Waals surface area contributed by atoms with Gasteiger partial charge in [-0.15, -0.1) is 0 Å². The first-order valence-corrected chi connectivity index (χ1v) is 6.65. The van der Waals surface area contributed by atoms with Crippen LogP contribution in [0.25, 0.3) is 0 Å².